The molecule has 176 valence electrons. The van der Waals surface area contributed by atoms with E-state index in [-0.39, 0.29) is 6.10 Å². The lowest BCUT2D eigenvalue weighted by atomic mass is 10.1. The van der Waals surface area contributed by atoms with E-state index in [4.69, 9.17) is 19.2 Å². The Labute approximate surface area is 191 Å². The molecule has 8 heteroatoms. The maximum atomic E-state index is 5.94. The van der Waals surface area contributed by atoms with E-state index in [0.29, 0.717) is 26.3 Å². The number of rotatable bonds is 10. The molecule has 1 unspecified atom stereocenters. The van der Waals surface area contributed by atoms with E-state index in [1.54, 1.807) is 7.11 Å². The van der Waals surface area contributed by atoms with Gasteiger partial charge in [0.15, 0.2) is 5.96 Å². The molecule has 32 heavy (non-hydrogen) atoms. The lowest BCUT2D eigenvalue weighted by Gasteiger charge is -2.14. The Kier molecular flexibility index (Phi) is 8.39. The Morgan fingerprint density at radius 1 is 1.28 bits per heavy atom. The summed E-state index contributed by atoms with van der Waals surface area (Å²) in [6.07, 6.45) is 1.12. The van der Waals surface area contributed by atoms with Gasteiger partial charge in [0.2, 0.25) is 0 Å². The van der Waals surface area contributed by atoms with Crippen molar-refractivity contribution in [2.24, 2.45) is 4.99 Å². The molecule has 1 aliphatic rings. The summed E-state index contributed by atoms with van der Waals surface area (Å²) in [4.78, 5) is 4.81. The van der Waals surface area contributed by atoms with E-state index >= 15 is 0 Å². The van der Waals surface area contributed by atoms with Gasteiger partial charge in [-0.3, -0.25) is 4.68 Å². The Bertz CT molecular complexity index is 938. The molecule has 0 amide bonds. The average molecular weight is 444 g/mol. The molecule has 8 nitrogen and oxygen atoms in total. The fourth-order valence-corrected chi connectivity index (χ4v) is 3.96. The minimum absolute atomic E-state index is 0.202. The third-order valence-corrected chi connectivity index (χ3v) is 5.60. The molecule has 2 N–H and O–H groups in total. The van der Waals surface area contributed by atoms with Crippen LogP contribution in [0.1, 0.15) is 48.8 Å². The second kappa shape index (κ2) is 11.2. The number of fused-ring (bicyclic) bond motifs is 1. The van der Waals surface area contributed by atoms with Gasteiger partial charge in [-0.05, 0) is 46.8 Å². The van der Waals surface area contributed by atoms with Crippen LogP contribution in [0.25, 0.3) is 0 Å². The maximum absolute atomic E-state index is 5.94. The highest BCUT2D eigenvalue weighted by molar-refractivity contribution is 5.79. The first kappa shape index (κ1) is 23.9. The summed E-state index contributed by atoms with van der Waals surface area (Å²) in [5.74, 6) is 2.58. The summed E-state index contributed by atoms with van der Waals surface area (Å²) >= 11 is 0. The molecule has 3 rings (SSSR count). The minimum atomic E-state index is 0.202. The summed E-state index contributed by atoms with van der Waals surface area (Å²) in [5.41, 5.74) is 5.57. The van der Waals surface area contributed by atoms with Crippen molar-refractivity contribution in [2.75, 3.05) is 26.9 Å². The molecule has 0 spiro atoms. The first-order valence-electron chi connectivity index (χ1n) is 11.5. The third-order valence-electron chi connectivity index (χ3n) is 5.60. The second-order valence-electron chi connectivity index (χ2n) is 8.05. The van der Waals surface area contributed by atoms with Crippen LogP contribution in [0.5, 0.6) is 11.5 Å². The Morgan fingerprint density at radius 2 is 2.09 bits per heavy atom. The summed E-state index contributed by atoms with van der Waals surface area (Å²) in [5, 5.41) is 11.4. The van der Waals surface area contributed by atoms with Crippen LogP contribution in [0.15, 0.2) is 17.1 Å². The number of benzene rings is 1. The molecule has 1 aliphatic heterocycles. The van der Waals surface area contributed by atoms with Gasteiger partial charge in [0, 0.05) is 49.0 Å². The highest BCUT2D eigenvalue weighted by Gasteiger charge is 2.22. The summed E-state index contributed by atoms with van der Waals surface area (Å²) < 4.78 is 19.0. The molecule has 0 radical (unpaired) electrons. The third kappa shape index (κ3) is 5.73. The number of aliphatic imine (C=N–C) groups is 1. The van der Waals surface area contributed by atoms with Crippen LogP contribution in [0, 0.1) is 13.8 Å². The lowest BCUT2D eigenvalue weighted by Crippen LogP contribution is -2.37. The fourth-order valence-electron chi connectivity index (χ4n) is 3.96. The number of aryl methyl sites for hydroxylation is 1. The minimum Gasteiger partial charge on any atom is -0.494 e. The van der Waals surface area contributed by atoms with Gasteiger partial charge in [-0.15, -0.1) is 0 Å². The molecule has 1 aromatic heterocycles. The van der Waals surface area contributed by atoms with Crippen molar-refractivity contribution in [3.63, 3.8) is 0 Å². The van der Waals surface area contributed by atoms with Gasteiger partial charge in [-0.25, -0.2) is 4.99 Å². The Hall–Kier alpha value is -2.74. The summed E-state index contributed by atoms with van der Waals surface area (Å²) in [6.45, 7) is 14.2. The van der Waals surface area contributed by atoms with Crippen molar-refractivity contribution >= 4 is 5.96 Å². The highest BCUT2D eigenvalue weighted by Crippen LogP contribution is 2.35. The van der Waals surface area contributed by atoms with Crippen LogP contribution in [-0.2, 0) is 30.8 Å². The molecule has 0 bridgehead atoms. The van der Waals surface area contributed by atoms with Crippen molar-refractivity contribution in [3.8, 4) is 11.5 Å². The van der Waals surface area contributed by atoms with E-state index in [1.807, 2.05) is 18.5 Å². The zero-order valence-electron chi connectivity index (χ0n) is 20.2. The highest BCUT2D eigenvalue weighted by atomic mass is 16.5. The molecule has 0 aliphatic carbocycles. The molecular formula is C24H37N5O3. The molecule has 2 aromatic rings. The largest absolute Gasteiger partial charge is 0.494 e. The zero-order chi connectivity index (χ0) is 23.1. The quantitative estimate of drug-likeness (QED) is 0.434. The van der Waals surface area contributed by atoms with Gasteiger partial charge < -0.3 is 24.8 Å². The lowest BCUT2D eigenvalue weighted by molar-refractivity contribution is 0.182. The topological polar surface area (TPSA) is 81.9 Å². The van der Waals surface area contributed by atoms with Gasteiger partial charge in [-0.2, -0.15) is 5.10 Å². The SMILES string of the molecule is CCNC(=NCc1cc2c(cc1OCC)CC(C)O2)NCc1c(C)nn(CCOC)c1C. The van der Waals surface area contributed by atoms with Crippen molar-refractivity contribution < 1.29 is 14.2 Å². The van der Waals surface area contributed by atoms with Crippen molar-refractivity contribution in [1.82, 2.24) is 20.4 Å². The van der Waals surface area contributed by atoms with Crippen LogP contribution in [-0.4, -0.2) is 48.7 Å². The maximum Gasteiger partial charge on any atom is 0.191 e. The van der Waals surface area contributed by atoms with Crippen molar-refractivity contribution in [3.05, 3.63) is 40.2 Å². The van der Waals surface area contributed by atoms with Crippen molar-refractivity contribution in [2.45, 2.75) is 66.8 Å². The fraction of sp³-hybridized carbons (Fsp3) is 0.583. The van der Waals surface area contributed by atoms with Crippen LogP contribution in [0.3, 0.4) is 0 Å². The van der Waals surface area contributed by atoms with E-state index in [1.165, 1.54) is 11.1 Å². The van der Waals surface area contributed by atoms with Crippen LogP contribution in [0.4, 0.5) is 0 Å². The monoisotopic (exact) mass is 443 g/mol. The normalized spacial score (nSPS) is 15.4. The van der Waals surface area contributed by atoms with Crippen LogP contribution in [0.2, 0.25) is 0 Å². The summed E-state index contributed by atoms with van der Waals surface area (Å²) in [6, 6.07) is 4.18. The zero-order valence-corrected chi connectivity index (χ0v) is 20.2. The standard InChI is InChI=1S/C24H37N5O3/c1-7-25-24(27-15-21-17(4)28-29(18(21)5)9-10-30-6)26-14-20-13-23-19(11-16(3)32-23)12-22(20)31-8-2/h12-13,16H,7-11,14-15H2,1-6H3,(H2,25,26,27). The Balaban J connectivity index is 1.74. The van der Waals surface area contributed by atoms with E-state index in [0.717, 1.165) is 53.9 Å². The van der Waals surface area contributed by atoms with Gasteiger partial charge in [0.25, 0.3) is 0 Å². The molecule has 0 fully saturated rings. The molecular weight excluding hydrogens is 406 g/mol. The average Bonchev–Trinajstić information content (AvgIpc) is 3.26. The molecule has 1 aromatic carbocycles. The first-order valence-corrected chi connectivity index (χ1v) is 11.5. The van der Waals surface area contributed by atoms with Crippen LogP contribution >= 0.6 is 0 Å². The van der Waals surface area contributed by atoms with Gasteiger partial charge in [0.05, 0.1) is 32.0 Å². The number of nitrogens with zero attached hydrogens (tertiary/aromatic N) is 3. The van der Waals surface area contributed by atoms with E-state index in [2.05, 4.69) is 48.6 Å². The second-order valence-corrected chi connectivity index (χ2v) is 8.05. The number of guanidine groups is 1. The molecule has 0 saturated carbocycles. The van der Waals surface area contributed by atoms with Crippen molar-refractivity contribution in [1.29, 1.82) is 0 Å². The van der Waals surface area contributed by atoms with E-state index < -0.39 is 0 Å². The van der Waals surface area contributed by atoms with Gasteiger partial charge in [-0.1, -0.05) is 0 Å². The number of aromatic nitrogens is 2. The van der Waals surface area contributed by atoms with Gasteiger partial charge >= 0.3 is 0 Å². The first-order chi connectivity index (χ1) is 15.5. The van der Waals surface area contributed by atoms with Crippen LogP contribution < -0.4 is 20.1 Å². The number of ether oxygens (including phenoxy) is 3. The summed E-state index contributed by atoms with van der Waals surface area (Å²) in [7, 11) is 1.71. The van der Waals surface area contributed by atoms with E-state index in [9.17, 15) is 0 Å². The number of hydrogen-bond acceptors (Lipinski definition) is 5. The smallest absolute Gasteiger partial charge is 0.191 e. The predicted octanol–water partition coefficient (Wildman–Crippen LogP) is 3.12. The van der Waals surface area contributed by atoms with Gasteiger partial charge in [0.1, 0.15) is 17.6 Å². The molecule has 1 atom stereocenters. The number of methoxy groups -OCH3 is 1. The Morgan fingerprint density at radius 3 is 2.81 bits per heavy atom. The molecule has 2 heterocycles. The number of hydrogen-bond donors (Lipinski definition) is 2. The molecule has 0 saturated heterocycles. The predicted molar refractivity (Wildman–Crippen MR) is 127 cm³/mol. The number of nitrogens with one attached hydrogen (secondary N) is 2.